The summed E-state index contributed by atoms with van der Waals surface area (Å²) in [6, 6.07) is 3.58. The van der Waals surface area contributed by atoms with Crippen LogP contribution < -0.4 is 0 Å². The van der Waals surface area contributed by atoms with Gasteiger partial charge >= 0.3 is 0 Å². The smallest absolute Gasteiger partial charge is 0.267 e. The van der Waals surface area contributed by atoms with E-state index in [0.29, 0.717) is 0 Å². The van der Waals surface area contributed by atoms with Crippen LogP contribution in [0.2, 0.25) is 0 Å². The molecule has 0 aromatic carbocycles. The van der Waals surface area contributed by atoms with E-state index >= 15 is 0 Å². The summed E-state index contributed by atoms with van der Waals surface area (Å²) in [5, 5.41) is 15.4. The monoisotopic (exact) mass is 202 g/mol. The Labute approximate surface area is 77.3 Å². The van der Waals surface area contributed by atoms with Gasteiger partial charge in [-0.2, -0.15) is 18.9 Å². The van der Waals surface area contributed by atoms with Gasteiger partial charge < -0.3 is 0 Å². The first-order chi connectivity index (χ1) is 6.02. The van der Waals surface area contributed by atoms with E-state index in [2.05, 4.69) is 0 Å². The molecule has 0 aromatic rings. The number of hydrogen-bond acceptors (Lipinski definition) is 4. The Morgan fingerprint density at radius 3 is 1.77 bits per heavy atom. The molecule has 0 amide bonds. The van der Waals surface area contributed by atoms with Gasteiger partial charge in [0.25, 0.3) is 10.1 Å². The van der Waals surface area contributed by atoms with Gasteiger partial charge in [-0.15, -0.1) is 0 Å². The molecular formula is C7H10N2O3S. The van der Waals surface area contributed by atoms with Crippen LogP contribution in [0.5, 0.6) is 0 Å². The van der Waals surface area contributed by atoms with Crippen LogP contribution in [0.4, 0.5) is 0 Å². The lowest BCUT2D eigenvalue weighted by molar-refractivity contribution is 0.457. The largest absolute Gasteiger partial charge is 0.285 e. The van der Waals surface area contributed by atoms with E-state index in [9.17, 15) is 8.42 Å². The van der Waals surface area contributed by atoms with Crippen LogP contribution in [0.1, 0.15) is 25.7 Å². The van der Waals surface area contributed by atoms with Gasteiger partial charge in [0.05, 0.1) is 17.4 Å². The van der Waals surface area contributed by atoms with Gasteiger partial charge in [0.2, 0.25) is 0 Å². The second-order valence-corrected chi connectivity index (χ2v) is 4.23. The van der Waals surface area contributed by atoms with Crippen molar-refractivity contribution in [3.05, 3.63) is 0 Å². The molecule has 0 aromatic heterocycles. The molecule has 0 spiro atoms. The molecule has 0 aliphatic rings. The lowest BCUT2D eigenvalue weighted by Crippen LogP contribution is -2.20. The summed E-state index contributed by atoms with van der Waals surface area (Å²) >= 11 is 0. The maximum Gasteiger partial charge on any atom is 0.267 e. The van der Waals surface area contributed by atoms with Gasteiger partial charge in [-0.1, -0.05) is 0 Å². The molecular weight excluding hydrogens is 192 g/mol. The summed E-state index contributed by atoms with van der Waals surface area (Å²) in [6.45, 7) is 0. The van der Waals surface area contributed by atoms with Crippen molar-refractivity contribution < 1.29 is 13.0 Å². The Balaban J connectivity index is 4.24. The fourth-order valence-electron chi connectivity index (χ4n) is 0.893. The van der Waals surface area contributed by atoms with E-state index < -0.39 is 15.4 Å². The Kier molecular flexibility index (Phi) is 5.05. The Morgan fingerprint density at radius 1 is 1.15 bits per heavy atom. The lowest BCUT2D eigenvalue weighted by Gasteiger charge is -2.08. The highest BCUT2D eigenvalue weighted by Gasteiger charge is 2.21. The SMILES string of the molecule is N#CCCC(CCC#N)S(=O)(=O)O. The van der Waals surface area contributed by atoms with E-state index in [1.54, 1.807) is 12.1 Å². The molecule has 0 rings (SSSR count). The summed E-state index contributed by atoms with van der Waals surface area (Å²) < 4.78 is 30.0. The van der Waals surface area contributed by atoms with Crippen molar-refractivity contribution in [1.82, 2.24) is 0 Å². The summed E-state index contributed by atoms with van der Waals surface area (Å²) in [4.78, 5) is 0. The van der Waals surface area contributed by atoms with Crippen LogP contribution in [0.25, 0.3) is 0 Å². The highest BCUT2D eigenvalue weighted by molar-refractivity contribution is 7.86. The van der Waals surface area contributed by atoms with Crippen LogP contribution in [-0.2, 0) is 10.1 Å². The fraction of sp³-hybridized carbons (Fsp3) is 0.714. The van der Waals surface area contributed by atoms with Crippen molar-refractivity contribution in [2.45, 2.75) is 30.9 Å². The molecule has 0 saturated heterocycles. The zero-order valence-electron chi connectivity index (χ0n) is 6.97. The standard InChI is InChI=1S/C7H10N2O3S/c8-5-1-3-7(4-2-6-9)13(10,11)12/h7H,1-4H2,(H,10,11,12). The van der Waals surface area contributed by atoms with Crippen molar-refractivity contribution in [2.24, 2.45) is 0 Å². The van der Waals surface area contributed by atoms with Crippen LogP contribution in [0, 0.1) is 22.7 Å². The van der Waals surface area contributed by atoms with E-state index in [1.807, 2.05) is 0 Å². The molecule has 0 heterocycles. The van der Waals surface area contributed by atoms with Crippen LogP contribution in [0.15, 0.2) is 0 Å². The third-order valence-electron chi connectivity index (χ3n) is 1.58. The zero-order chi connectivity index (χ0) is 10.3. The first-order valence-corrected chi connectivity index (χ1v) is 5.23. The Bertz CT molecular complexity index is 305. The van der Waals surface area contributed by atoms with Gasteiger partial charge in [-0.05, 0) is 12.8 Å². The average molecular weight is 202 g/mol. The summed E-state index contributed by atoms with van der Waals surface area (Å²) in [6.07, 6.45) is 0.291. The van der Waals surface area contributed by atoms with Crippen molar-refractivity contribution in [2.75, 3.05) is 0 Å². The van der Waals surface area contributed by atoms with E-state index in [1.165, 1.54) is 0 Å². The molecule has 0 aliphatic carbocycles. The third kappa shape index (κ3) is 5.18. The molecule has 0 bridgehead atoms. The highest BCUT2D eigenvalue weighted by Crippen LogP contribution is 2.12. The molecule has 0 radical (unpaired) electrons. The van der Waals surface area contributed by atoms with Crippen LogP contribution in [0.3, 0.4) is 0 Å². The van der Waals surface area contributed by atoms with Crippen molar-refractivity contribution in [1.29, 1.82) is 10.5 Å². The van der Waals surface area contributed by atoms with E-state index in [-0.39, 0.29) is 25.7 Å². The average Bonchev–Trinajstić information content (AvgIpc) is 2.02. The molecule has 0 atom stereocenters. The number of hydrogen-bond donors (Lipinski definition) is 1. The minimum atomic E-state index is -4.11. The molecule has 0 unspecified atom stereocenters. The van der Waals surface area contributed by atoms with Gasteiger partial charge in [-0.3, -0.25) is 4.55 Å². The number of rotatable bonds is 5. The van der Waals surface area contributed by atoms with Gasteiger partial charge in [0.15, 0.2) is 0 Å². The van der Waals surface area contributed by atoms with Gasteiger partial charge in [0.1, 0.15) is 0 Å². The summed E-state index contributed by atoms with van der Waals surface area (Å²) in [5.41, 5.74) is 0. The molecule has 0 aliphatic heterocycles. The molecule has 0 fully saturated rings. The summed E-state index contributed by atoms with van der Waals surface area (Å²) in [5.74, 6) is 0. The van der Waals surface area contributed by atoms with Crippen LogP contribution >= 0.6 is 0 Å². The summed E-state index contributed by atoms with van der Waals surface area (Å²) in [7, 11) is -4.11. The van der Waals surface area contributed by atoms with Crippen molar-refractivity contribution >= 4 is 10.1 Å². The highest BCUT2D eigenvalue weighted by atomic mass is 32.2. The molecule has 13 heavy (non-hydrogen) atoms. The Hall–Kier alpha value is -1.11. The number of nitriles is 2. The minimum absolute atomic E-state index is 0.0654. The van der Waals surface area contributed by atoms with E-state index in [4.69, 9.17) is 15.1 Å². The quantitative estimate of drug-likeness (QED) is 0.666. The molecule has 72 valence electrons. The van der Waals surface area contributed by atoms with Gasteiger partial charge in [0, 0.05) is 12.8 Å². The predicted molar refractivity (Wildman–Crippen MR) is 45.0 cm³/mol. The maximum absolute atomic E-state index is 10.7. The number of nitrogens with zero attached hydrogens (tertiary/aromatic N) is 2. The van der Waals surface area contributed by atoms with E-state index in [0.717, 1.165) is 0 Å². The maximum atomic E-state index is 10.7. The second-order valence-electron chi connectivity index (χ2n) is 2.53. The third-order valence-corrected chi connectivity index (χ3v) is 2.89. The fourth-order valence-corrected chi connectivity index (χ4v) is 1.72. The second kappa shape index (κ2) is 5.52. The predicted octanol–water partition coefficient (Wildman–Crippen LogP) is 0.850. The lowest BCUT2D eigenvalue weighted by atomic mass is 10.1. The van der Waals surface area contributed by atoms with Gasteiger partial charge in [-0.25, -0.2) is 0 Å². The molecule has 6 heteroatoms. The first-order valence-electron chi connectivity index (χ1n) is 3.72. The topological polar surface area (TPSA) is 102 Å². The van der Waals surface area contributed by atoms with Crippen molar-refractivity contribution in [3.63, 3.8) is 0 Å². The van der Waals surface area contributed by atoms with Crippen molar-refractivity contribution in [3.8, 4) is 12.1 Å². The zero-order valence-corrected chi connectivity index (χ0v) is 7.79. The Morgan fingerprint density at radius 2 is 1.54 bits per heavy atom. The molecule has 5 nitrogen and oxygen atoms in total. The first kappa shape index (κ1) is 11.9. The molecule has 0 saturated carbocycles. The molecule has 1 N–H and O–H groups in total. The minimum Gasteiger partial charge on any atom is -0.285 e. The normalized spacial score (nSPS) is 10.8. The van der Waals surface area contributed by atoms with Crippen LogP contribution in [-0.4, -0.2) is 18.2 Å².